The van der Waals surface area contributed by atoms with E-state index in [9.17, 15) is 14.0 Å². The van der Waals surface area contributed by atoms with Gasteiger partial charge in [-0.15, -0.1) is 0 Å². The van der Waals surface area contributed by atoms with Crippen LogP contribution in [0, 0.1) is 11.7 Å². The predicted molar refractivity (Wildman–Crippen MR) is 117 cm³/mol. The van der Waals surface area contributed by atoms with E-state index in [4.69, 9.17) is 17.3 Å². The molecular formula is C23H27ClFN3O2. The number of carbonyl (C=O) groups excluding carboxylic acids is 2. The van der Waals surface area contributed by atoms with Gasteiger partial charge in [-0.05, 0) is 54.8 Å². The molecule has 0 bridgehead atoms. The summed E-state index contributed by atoms with van der Waals surface area (Å²) in [6.07, 6.45) is 1.73. The van der Waals surface area contributed by atoms with Gasteiger partial charge in [-0.1, -0.05) is 31.5 Å². The summed E-state index contributed by atoms with van der Waals surface area (Å²) in [4.78, 5) is 26.2. The van der Waals surface area contributed by atoms with Gasteiger partial charge >= 0.3 is 0 Å². The zero-order valence-electron chi connectivity index (χ0n) is 17.3. The number of benzene rings is 2. The third kappa shape index (κ3) is 5.11. The molecule has 1 aliphatic rings. The van der Waals surface area contributed by atoms with E-state index in [-0.39, 0.29) is 23.5 Å². The first-order valence-electron chi connectivity index (χ1n) is 10.1. The molecule has 2 amide bonds. The van der Waals surface area contributed by atoms with Gasteiger partial charge in [0, 0.05) is 41.3 Å². The first kappa shape index (κ1) is 22.1. The highest BCUT2D eigenvalue weighted by molar-refractivity contribution is 6.31. The molecule has 1 saturated heterocycles. The van der Waals surface area contributed by atoms with E-state index in [1.54, 1.807) is 18.2 Å². The summed E-state index contributed by atoms with van der Waals surface area (Å²) in [7, 11) is 0. The Kier molecular flexibility index (Phi) is 6.66. The van der Waals surface area contributed by atoms with E-state index >= 15 is 0 Å². The molecule has 30 heavy (non-hydrogen) atoms. The van der Waals surface area contributed by atoms with Crippen LogP contribution in [0.2, 0.25) is 5.02 Å². The number of hydrogen-bond donors (Lipinski definition) is 2. The van der Waals surface area contributed by atoms with Crippen LogP contribution in [0.3, 0.4) is 0 Å². The van der Waals surface area contributed by atoms with Crippen molar-refractivity contribution in [1.29, 1.82) is 0 Å². The standard InChI is InChI=1S/C23H27ClFN3O2/c1-23(2,19-10-7-17(25)12-20(19)24)14-27-22(30)15-5-8-18(9-6-15)28-11-3-4-16(13-28)21(26)29/h5-10,12,16H,3-4,11,13-14H2,1-2H3,(H2,26,29)(H,27,30). The lowest BCUT2D eigenvalue weighted by atomic mass is 9.84. The first-order chi connectivity index (χ1) is 14.2. The zero-order valence-corrected chi connectivity index (χ0v) is 18.0. The molecule has 0 aromatic heterocycles. The molecule has 1 fully saturated rings. The maximum Gasteiger partial charge on any atom is 0.251 e. The summed E-state index contributed by atoms with van der Waals surface area (Å²) >= 11 is 6.18. The van der Waals surface area contributed by atoms with Crippen LogP contribution in [0.1, 0.15) is 42.6 Å². The largest absolute Gasteiger partial charge is 0.371 e. The topological polar surface area (TPSA) is 75.4 Å². The average molecular weight is 432 g/mol. The van der Waals surface area contributed by atoms with Gasteiger partial charge in [-0.2, -0.15) is 0 Å². The summed E-state index contributed by atoms with van der Waals surface area (Å²) in [6.45, 7) is 5.71. The molecule has 2 aromatic carbocycles. The summed E-state index contributed by atoms with van der Waals surface area (Å²) in [5.74, 6) is -0.983. The molecule has 7 heteroatoms. The average Bonchev–Trinajstić information content (AvgIpc) is 2.72. The van der Waals surface area contributed by atoms with E-state index in [1.807, 2.05) is 26.0 Å². The fraction of sp³-hybridized carbons (Fsp3) is 0.391. The van der Waals surface area contributed by atoms with Crippen molar-refractivity contribution in [3.8, 4) is 0 Å². The van der Waals surface area contributed by atoms with Crippen LogP contribution in [0.15, 0.2) is 42.5 Å². The van der Waals surface area contributed by atoms with E-state index in [0.717, 1.165) is 30.6 Å². The lowest BCUT2D eigenvalue weighted by Crippen LogP contribution is -2.41. The number of carbonyl (C=O) groups is 2. The van der Waals surface area contributed by atoms with Crippen molar-refractivity contribution in [2.24, 2.45) is 11.7 Å². The van der Waals surface area contributed by atoms with Gasteiger partial charge in [-0.25, -0.2) is 4.39 Å². The molecule has 1 atom stereocenters. The Labute approximate surface area is 181 Å². The molecule has 0 saturated carbocycles. The monoisotopic (exact) mass is 431 g/mol. The van der Waals surface area contributed by atoms with Crippen LogP contribution < -0.4 is 16.0 Å². The van der Waals surface area contributed by atoms with Gasteiger partial charge in [0.2, 0.25) is 5.91 Å². The molecule has 0 aliphatic carbocycles. The Hall–Kier alpha value is -2.60. The van der Waals surface area contributed by atoms with Gasteiger partial charge in [-0.3, -0.25) is 9.59 Å². The van der Waals surface area contributed by atoms with Gasteiger partial charge in [0.05, 0.1) is 5.92 Å². The van der Waals surface area contributed by atoms with Crippen molar-refractivity contribution < 1.29 is 14.0 Å². The van der Waals surface area contributed by atoms with Crippen molar-refractivity contribution in [1.82, 2.24) is 5.32 Å². The molecule has 0 radical (unpaired) electrons. The number of rotatable bonds is 6. The molecule has 1 aliphatic heterocycles. The number of nitrogens with one attached hydrogen (secondary N) is 1. The van der Waals surface area contributed by atoms with Crippen molar-refractivity contribution in [2.75, 3.05) is 24.5 Å². The second kappa shape index (κ2) is 9.04. The molecule has 5 nitrogen and oxygen atoms in total. The number of amides is 2. The first-order valence-corrected chi connectivity index (χ1v) is 10.4. The lowest BCUT2D eigenvalue weighted by molar-refractivity contribution is -0.122. The number of anilines is 1. The molecule has 160 valence electrons. The number of primary amides is 1. The van der Waals surface area contributed by atoms with E-state index in [2.05, 4.69) is 10.2 Å². The van der Waals surface area contributed by atoms with Crippen LogP contribution in [-0.2, 0) is 10.2 Å². The quantitative estimate of drug-likeness (QED) is 0.728. The Bertz CT molecular complexity index is 931. The molecule has 2 aromatic rings. The van der Waals surface area contributed by atoms with Crippen LogP contribution in [-0.4, -0.2) is 31.4 Å². The number of piperidine rings is 1. The smallest absolute Gasteiger partial charge is 0.251 e. The summed E-state index contributed by atoms with van der Waals surface area (Å²) in [5, 5.41) is 3.28. The highest BCUT2D eigenvalue weighted by Gasteiger charge is 2.26. The Morgan fingerprint density at radius 1 is 1.23 bits per heavy atom. The van der Waals surface area contributed by atoms with Crippen molar-refractivity contribution in [3.63, 3.8) is 0 Å². The number of nitrogens with zero attached hydrogens (tertiary/aromatic N) is 1. The minimum Gasteiger partial charge on any atom is -0.371 e. The van der Waals surface area contributed by atoms with Gasteiger partial charge in [0.15, 0.2) is 0 Å². The van der Waals surface area contributed by atoms with Crippen LogP contribution in [0.4, 0.5) is 10.1 Å². The molecular weight excluding hydrogens is 405 g/mol. The maximum absolute atomic E-state index is 13.3. The Morgan fingerprint density at radius 2 is 1.93 bits per heavy atom. The van der Waals surface area contributed by atoms with E-state index in [1.165, 1.54) is 12.1 Å². The van der Waals surface area contributed by atoms with Gasteiger partial charge in [0.1, 0.15) is 5.82 Å². The SMILES string of the molecule is CC(C)(CNC(=O)c1ccc(N2CCCC(C(N)=O)C2)cc1)c1ccc(F)cc1Cl. The van der Waals surface area contributed by atoms with Crippen molar-refractivity contribution >= 4 is 29.1 Å². The van der Waals surface area contributed by atoms with Crippen LogP contribution in [0.25, 0.3) is 0 Å². The summed E-state index contributed by atoms with van der Waals surface area (Å²) in [6, 6.07) is 11.6. The minimum atomic E-state index is -0.460. The summed E-state index contributed by atoms with van der Waals surface area (Å²) in [5.41, 5.74) is 7.28. The molecule has 0 spiro atoms. The highest BCUT2D eigenvalue weighted by Crippen LogP contribution is 2.30. The minimum absolute atomic E-state index is 0.137. The third-order valence-electron chi connectivity index (χ3n) is 5.67. The third-order valence-corrected chi connectivity index (χ3v) is 5.98. The second-order valence-corrected chi connectivity index (χ2v) is 8.83. The van der Waals surface area contributed by atoms with Crippen LogP contribution in [0.5, 0.6) is 0 Å². The van der Waals surface area contributed by atoms with Gasteiger partial charge in [0.25, 0.3) is 5.91 Å². The molecule has 1 unspecified atom stereocenters. The van der Waals surface area contributed by atoms with E-state index < -0.39 is 5.41 Å². The Balaban J connectivity index is 1.62. The summed E-state index contributed by atoms with van der Waals surface area (Å²) < 4.78 is 13.3. The number of halogens is 2. The van der Waals surface area contributed by atoms with E-state index in [0.29, 0.717) is 23.7 Å². The fourth-order valence-electron chi connectivity index (χ4n) is 3.80. The molecule has 1 heterocycles. The van der Waals surface area contributed by atoms with Crippen molar-refractivity contribution in [2.45, 2.75) is 32.1 Å². The van der Waals surface area contributed by atoms with Crippen molar-refractivity contribution in [3.05, 3.63) is 64.4 Å². The zero-order chi connectivity index (χ0) is 21.9. The second-order valence-electron chi connectivity index (χ2n) is 8.43. The number of hydrogen-bond acceptors (Lipinski definition) is 3. The predicted octanol–water partition coefficient (Wildman–Crippen LogP) is 3.89. The highest BCUT2D eigenvalue weighted by atomic mass is 35.5. The molecule has 3 rings (SSSR count). The fourth-order valence-corrected chi connectivity index (χ4v) is 4.23. The van der Waals surface area contributed by atoms with Crippen LogP contribution >= 0.6 is 11.6 Å². The maximum atomic E-state index is 13.3. The normalized spacial score (nSPS) is 16.9. The van der Waals surface area contributed by atoms with Gasteiger partial charge < -0.3 is 16.0 Å². The lowest BCUT2D eigenvalue weighted by Gasteiger charge is -2.33. The number of nitrogens with two attached hydrogens (primary N) is 1. The Morgan fingerprint density at radius 3 is 2.57 bits per heavy atom. The molecule has 3 N–H and O–H groups in total.